The highest BCUT2D eigenvalue weighted by molar-refractivity contribution is 5.85. The van der Waals surface area contributed by atoms with Crippen molar-refractivity contribution in [3.63, 3.8) is 0 Å². The Morgan fingerprint density at radius 1 is 1.29 bits per heavy atom. The molecular weight excluding hydrogens is 272 g/mol. The SMILES string of the molecule is O=[N+]([O-])c1ccc(O)c(/C=N/n2cnc3ccccc32)c1. The molecule has 0 atom stereocenters. The first-order chi connectivity index (χ1) is 10.1. The molecule has 2 aromatic carbocycles. The van der Waals surface area contributed by atoms with E-state index in [0.717, 1.165) is 11.0 Å². The fourth-order valence-electron chi connectivity index (χ4n) is 1.92. The Balaban J connectivity index is 1.99. The molecule has 0 aliphatic carbocycles. The van der Waals surface area contributed by atoms with E-state index < -0.39 is 4.92 Å². The Kier molecular flexibility index (Phi) is 3.07. The van der Waals surface area contributed by atoms with E-state index in [0.29, 0.717) is 0 Å². The minimum Gasteiger partial charge on any atom is -0.507 e. The molecule has 3 aromatic rings. The lowest BCUT2D eigenvalue weighted by atomic mass is 10.2. The maximum Gasteiger partial charge on any atom is 0.270 e. The van der Waals surface area contributed by atoms with Gasteiger partial charge in [-0.25, -0.2) is 9.66 Å². The van der Waals surface area contributed by atoms with E-state index in [1.165, 1.54) is 35.4 Å². The summed E-state index contributed by atoms with van der Waals surface area (Å²) < 4.78 is 1.54. The molecule has 0 amide bonds. The normalized spacial score (nSPS) is 11.2. The number of hydrogen-bond donors (Lipinski definition) is 1. The van der Waals surface area contributed by atoms with Gasteiger partial charge in [0.05, 0.1) is 22.2 Å². The van der Waals surface area contributed by atoms with Crippen LogP contribution in [0.15, 0.2) is 53.9 Å². The molecule has 7 heteroatoms. The molecule has 0 bridgehead atoms. The minimum absolute atomic E-state index is 0.0752. The number of imidazole rings is 1. The molecule has 104 valence electrons. The van der Waals surface area contributed by atoms with E-state index in [9.17, 15) is 15.2 Å². The van der Waals surface area contributed by atoms with Crippen LogP contribution in [0.1, 0.15) is 5.56 Å². The lowest BCUT2D eigenvalue weighted by Gasteiger charge is -1.99. The van der Waals surface area contributed by atoms with Gasteiger partial charge < -0.3 is 5.11 Å². The first-order valence-electron chi connectivity index (χ1n) is 6.09. The second-order valence-electron chi connectivity index (χ2n) is 4.32. The predicted molar refractivity (Wildman–Crippen MR) is 77.5 cm³/mol. The number of non-ortho nitro benzene ring substituents is 1. The van der Waals surface area contributed by atoms with E-state index in [1.54, 1.807) is 0 Å². The average molecular weight is 282 g/mol. The smallest absolute Gasteiger partial charge is 0.270 e. The second-order valence-corrected chi connectivity index (χ2v) is 4.32. The van der Waals surface area contributed by atoms with Gasteiger partial charge in [0.25, 0.3) is 5.69 Å². The maximum absolute atomic E-state index is 10.7. The number of fused-ring (bicyclic) bond motifs is 1. The average Bonchev–Trinajstić information content (AvgIpc) is 2.89. The molecule has 1 N–H and O–H groups in total. The Morgan fingerprint density at radius 2 is 2.10 bits per heavy atom. The molecule has 0 aliphatic rings. The number of aromatic hydroxyl groups is 1. The Morgan fingerprint density at radius 3 is 2.90 bits per heavy atom. The van der Waals surface area contributed by atoms with Crippen LogP contribution >= 0.6 is 0 Å². The van der Waals surface area contributed by atoms with Gasteiger partial charge in [0.2, 0.25) is 0 Å². The van der Waals surface area contributed by atoms with Gasteiger partial charge in [-0.3, -0.25) is 10.1 Å². The number of aromatic nitrogens is 2. The quantitative estimate of drug-likeness (QED) is 0.453. The van der Waals surface area contributed by atoms with Gasteiger partial charge in [0, 0.05) is 17.7 Å². The van der Waals surface area contributed by atoms with Gasteiger partial charge in [-0.15, -0.1) is 0 Å². The molecular formula is C14H10N4O3. The van der Waals surface area contributed by atoms with E-state index >= 15 is 0 Å². The van der Waals surface area contributed by atoms with Crippen LogP contribution in [0.25, 0.3) is 11.0 Å². The second kappa shape index (κ2) is 5.04. The van der Waals surface area contributed by atoms with Crippen molar-refractivity contribution in [2.24, 2.45) is 5.10 Å². The minimum atomic E-state index is -0.524. The molecule has 7 nitrogen and oxygen atoms in total. The summed E-state index contributed by atoms with van der Waals surface area (Å²) in [6.07, 6.45) is 2.89. The van der Waals surface area contributed by atoms with Gasteiger partial charge >= 0.3 is 0 Å². The van der Waals surface area contributed by atoms with Gasteiger partial charge in [-0.2, -0.15) is 5.10 Å². The fourth-order valence-corrected chi connectivity index (χ4v) is 1.92. The third kappa shape index (κ3) is 2.44. The number of nitrogens with zero attached hydrogens (tertiary/aromatic N) is 4. The molecule has 0 radical (unpaired) electrons. The first-order valence-corrected chi connectivity index (χ1v) is 6.09. The zero-order valence-electron chi connectivity index (χ0n) is 10.7. The third-order valence-electron chi connectivity index (χ3n) is 2.98. The van der Waals surface area contributed by atoms with Crippen molar-refractivity contribution in [2.45, 2.75) is 0 Å². The summed E-state index contributed by atoms with van der Waals surface area (Å²) in [5.41, 5.74) is 1.75. The number of rotatable bonds is 3. The summed E-state index contributed by atoms with van der Waals surface area (Å²) in [5.74, 6) is -0.0752. The van der Waals surface area contributed by atoms with Crippen molar-refractivity contribution in [1.82, 2.24) is 9.66 Å². The molecule has 0 fully saturated rings. The fraction of sp³-hybridized carbons (Fsp3) is 0. The van der Waals surface area contributed by atoms with Gasteiger partial charge in [0.15, 0.2) is 0 Å². The van der Waals surface area contributed by atoms with Crippen molar-refractivity contribution < 1.29 is 10.0 Å². The van der Waals surface area contributed by atoms with Crippen molar-refractivity contribution in [1.29, 1.82) is 0 Å². The van der Waals surface area contributed by atoms with Gasteiger partial charge in [0.1, 0.15) is 12.1 Å². The number of nitro benzene ring substituents is 1. The van der Waals surface area contributed by atoms with Crippen LogP contribution in [0.2, 0.25) is 0 Å². The third-order valence-corrected chi connectivity index (χ3v) is 2.98. The zero-order chi connectivity index (χ0) is 14.8. The van der Waals surface area contributed by atoms with E-state index in [1.807, 2.05) is 24.3 Å². The molecule has 21 heavy (non-hydrogen) atoms. The van der Waals surface area contributed by atoms with Crippen molar-refractivity contribution >= 4 is 22.9 Å². The van der Waals surface area contributed by atoms with E-state index in [4.69, 9.17) is 0 Å². The number of hydrogen-bond acceptors (Lipinski definition) is 5. The van der Waals surface area contributed by atoms with Crippen LogP contribution < -0.4 is 0 Å². The van der Waals surface area contributed by atoms with Crippen LogP contribution in [-0.2, 0) is 0 Å². The van der Waals surface area contributed by atoms with Crippen LogP contribution in [0, 0.1) is 10.1 Å². The molecule has 1 aromatic heterocycles. The van der Waals surface area contributed by atoms with Gasteiger partial charge in [-0.05, 0) is 18.2 Å². The standard InChI is InChI=1S/C14H10N4O3/c19-14-6-5-11(18(20)21)7-10(14)8-16-17-9-15-12-3-1-2-4-13(12)17/h1-9,19H/b16-8+. The Bertz CT molecular complexity index is 854. The van der Waals surface area contributed by atoms with E-state index in [2.05, 4.69) is 10.1 Å². The monoisotopic (exact) mass is 282 g/mol. The molecule has 1 heterocycles. The van der Waals surface area contributed by atoms with Gasteiger partial charge in [-0.1, -0.05) is 12.1 Å². The number of phenolic OH excluding ortho intramolecular Hbond substituents is 1. The van der Waals surface area contributed by atoms with Crippen molar-refractivity contribution in [2.75, 3.05) is 0 Å². The van der Waals surface area contributed by atoms with Crippen LogP contribution in [0.3, 0.4) is 0 Å². The van der Waals surface area contributed by atoms with Crippen LogP contribution in [-0.4, -0.2) is 25.9 Å². The lowest BCUT2D eigenvalue weighted by Crippen LogP contribution is -1.92. The number of para-hydroxylation sites is 2. The lowest BCUT2D eigenvalue weighted by molar-refractivity contribution is -0.384. The molecule has 0 unspecified atom stereocenters. The summed E-state index contributed by atoms with van der Waals surface area (Å²) in [6, 6.07) is 11.2. The highest BCUT2D eigenvalue weighted by Gasteiger charge is 2.09. The molecule has 0 aliphatic heterocycles. The molecule has 3 rings (SSSR count). The predicted octanol–water partition coefficient (Wildman–Crippen LogP) is 2.53. The summed E-state index contributed by atoms with van der Waals surface area (Å²) in [6.45, 7) is 0. The largest absolute Gasteiger partial charge is 0.507 e. The first kappa shape index (κ1) is 12.8. The topological polar surface area (TPSA) is 93.5 Å². The Labute approximate surface area is 118 Å². The number of benzene rings is 2. The summed E-state index contributed by atoms with van der Waals surface area (Å²) in [4.78, 5) is 14.4. The summed E-state index contributed by atoms with van der Waals surface area (Å²) >= 11 is 0. The maximum atomic E-state index is 10.7. The zero-order valence-corrected chi connectivity index (χ0v) is 10.7. The highest BCUT2D eigenvalue weighted by atomic mass is 16.6. The van der Waals surface area contributed by atoms with Crippen LogP contribution in [0.5, 0.6) is 5.75 Å². The number of phenols is 1. The Hall–Kier alpha value is -3.22. The summed E-state index contributed by atoms with van der Waals surface area (Å²) in [5, 5.41) is 24.6. The molecule has 0 spiro atoms. The number of nitro groups is 1. The highest BCUT2D eigenvalue weighted by Crippen LogP contribution is 2.21. The van der Waals surface area contributed by atoms with Crippen molar-refractivity contribution in [3.05, 3.63) is 64.5 Å². The molecule has 0 saturated carbocycles. The van der Waals surface area contributed by atoms with Crippen molar-refractivity contribution in [3.8, 4) is 5.75 Å². The van der Waals surface area contributed by atoms with E-state index in [-0.39, 0.29) is 17.0 Å². The van der Waals surface area contributed by atoms with Crippen LogP contribution in [0.4, 0.5) is 5.69 Å². The summed E-state index contributed by atoms with van der Waals surface area (Å²) in [7, 11) is 0. The molecule has 0 saturated heterocycles.